The number of carboxylic acid groups (broad SMARTS) is 1. The summed E-state index contributed by atoms with van der Waals surface area (Å²) in [6, 6.07) is 3.91. The molecule has 1 fully saturated rings. The Labute approximate surface area is 125 Å². The summed E-state index contributed by atoms with van der Waals surface area (Å²) in [5, 5.41) is 9.63. The first-order valence-electron chi connectivity index (χ1n) is 5.99. The number of nitrogens with zero attached hydrogens (tertiary/aromatic N) is 1. The largest absolute Gasteiger partial charge is 0.496 e. The number of amides is 1. The first-order valence-corrected chi connectivity index (χ1v) is 7.53. The monoisotopic (exact) mass is 315 g/mol. The standard InChI is InChI=1S/C13H14ClNO4S/c1-19-11-3-2-8(14)6-9(11)12(16)15-4-5-20-7-10(15)13(17)18/h2-3,6,10H,4-5,7H2,1H3,(H,17,18). The highest BCUT2D eigenvalue weighted by molar-refractivity contribution is 7.99. The first kappa shape index (κ1) is 15.0. The highest BCUT2D eigenvalue weighted by Crippen LogP contribution is 2.26. The van der Waals surface area contributed by atoms with Crippen molar-refractivity contribution in [2.24, 2.45) is 0 Å². The van der Waals surface area contributed by atoms with Crippen molar-refractivity contribution < 1.29 is 19.4 Å². The molecule has 0 saturated carbocycles. The van der Waals surface area contributed by atoms with E-state index in [2.05, 4.69) is 0 Å². The van der Waals surface area contributed by atoms with Crippen LogP contribution in [0.25, 0.3) is 0 Å². The van der Waals surface area contributed by atoms with E-state index in [1.807, 2.05) is 0 Å². The molecule has 0 aliphatic carbocycles. The van der Waals surface area contributed by atoms with Gasteiger partial charge in [0.05, 0.1) is 12.7 Å². The maximum atomic E-state index is 12.6. The summed E-state index contributed by atoms with van der Waals surface area (Å²) in [5.74, 6) is 0.146. The third-order valence-corrected chi connectivity index (χ3v) is 4.32. The number of carboxylic acids is 1. The fraction of sp³-hybridized carbons (Fsp3) is 0.385. The molecule has 1 aromatic carbocycles. The third-order valence-electron chi connectivity index (χ3n) is 3.07. The van der Waals surface area contributed by atoms with E-state index in [1.54, 1.807) is 12.1 Å². The molecule has 5 nitrogen and oxygen atoms in total. The van der Waals surface area contributed by atoms with Gasteiger partial charge in [0.2, 0.25) is 0 Å². The van der Waals surface area contributed by atoms with Crippen LogP contribution in [0.2, 0.25) is 5.02 Å². The molecule has 1 atom stereocenters. The summed E-state index contributed by atoms with van der Waals surface area (Å²) in [7, 11) is 1.46. The molecule has 7 heteroatoms. The normalized spacial score (nSPS) is 18.7. The Morgan fingerprint density at radius 3 is 2.90 bits per heavy atom. The highest BCUT2D eigenvalue weighted by Gasteiger charge is 2.34. The minimum Gasteiger partial charge on any atom is -0.496 e. The van der Waals surface area contributed by atoms with Gasteiger partial charge in [0, 0.05) is 23.1 Å². The van der Waals surface area contributed by atoms with Gasteiger partial charge in [0.15, 0.2) is 0 Å². The van der Waals surface area contributed by atoms with Gasteiger partial charge in [0.25, 0.3) is 5.91 Å². The van der Waals surface area contributed by atoms with Crippen molar-refractivity contribution in [2.75, 3.05) is 25.2 Å². The van der Waals surface area contributed by atoms with Crippen molar-refractivity contribution in [3.05, 3.63) is 28.8 Å². The van der Waals surface area contributed by atoms with Gasteiger partial charge in [0.1, 0.15) is 11.8 Å². The molecule has 108 valence electrons. The predicted molar refractivity (Wildman–Crippen MR) is 77.8 cm³/mol. The van der Waals surface area contributed by atoms with E-state index in [4.69, 9.17) is 16.3 Å². The van der Waals surface area contributed by atoms with E-state index in [0.29, 0.717) is 23.1 Å². The van der Waals surface area contributed by atoms with Crippen molar-refractivity contribution in [3.63, 3.8) is 0 Å². The highest BCUT2D eigenvalue weighted by atomic mass is 35.5. The van der Waals surface area contributed by atoms with Crippen molar-refractivity contribution in [3.8, 4) is 5.75 Å². The number of rotatable bonds is 3. The van der Waals surface area contributed by atoms with Crippen LogP contribution in [0.5, 0.6) is 5.75 Å². The molecule has 0 bridgehead atoms. The van der Waals surface area contributed by atoms with Gasteiger partial charge in [-0.1, -0.05) is 11.6 Å². The van der Waals surface area contributed by atoms with Gasteiger partial charge < -0.3 is 14.7 Å². The van der Waals surface area contributed by atoms with Gasteiger partial charge >= 0.3 is 5.97 Å². The lowest BCUT2D eigenvalue weighted by atomic mass is 10.1. The van der Waals surface area contributed by atoms with E-state index in [9.17, 15) is 14.7 Å². The van der Waals surface area contributed by atoms with Crippen LogP contribution >= 0.6 is 23.4 Å². The maximum Gasteiger partial charge on any atom is 0.327 e. The fourth-order valence-electron chi connectivity index (χ4n) is 2.05. The Kier molecular flexibility index (Phi) is 4.77. The molecule has 0 aromatic heterocycles. The molecule has 1 unspecified atom stereocenters. The molecular weight excluding hydrogens is 302 g/mol. The van der Waals surface area contributed by atoms with Gasteiger partial charge in [-0.15, -0.1) is 0 Å². The smallest absolute Gasteiger partial charge is 0.327 e. The molecule has 1 aromatic rings. The predicted octanol–water partition coefficient (Wildman–Crippen LogP) is 1.99. The van der Waals surface area contributed by atoms with E-state index < -0.39 is 12.0 Å². The Hall–Kier alpha value is -1.40. The number of hydrogen-bond acceptors (Lipinski definition) is 4. The zero-order valence-corrected chi connectivity index (χ0v) is 12.4. The first-order chi connectivity index (χ1) is 9.54. The molecule has 1 aliphatic heterocycles. The summed E-state index contributed by atoms with van der Waals surface area (Å²) in [4.78, 5) is 25.2. The summed E-state index contributed by atoms with van der Waals surface area (Å²) in [6.07, 6.45) is 0. The van der Waals surface area contributed by atoms with Gasteiger partial charge in [-0.25, -0.2) is 4.79 Å². The van der Waals surface area contributed by atoms with Crippen molar-refractivity contribution in [2.45, 2.75) is 6.04 Å². The average Bonchev–Trinajstić information content (AvgIpc) is 2.46. The Morgan fingerprint density at radius 2 is 2.25 bits per heavy atom. The number of aliphatic carboxylic acids is 1. The molecule has 1 amide bonds. The molecule has 1 N–H and O–H groups in total. The van der Waals surface area contributed by atoms with Crippen LogP contribution in [0.15, 0.2) is 18.2 Å². The Bertz CT molecular complexity index is 537. The van der Waals surface area contributed by atoms with Crippen molar-refractivity contribution in [1.82, 2.24) is 4.90 Å². The zero-order chi connectivity index (χ0) is 14.7. The Morgan fingerprint density at radius 1 is 1.50 bits per heavy atom. The van der Waals surface area contributed by atoms with E-state index in [-0.39, 0.29) is 11.5 Å². The number of hydrogen-bond donors (Lipinski definition) is 1. The fourth-order valence-corrected chi connectivity index (χ4v) is 3.26. The molecule has 1 aliphatic rings. The number of benzene rings is 1. The summed E-state index contributed by atoms with van der Waals surface area (Å²) in [5.41, 5.74) is 0.290. The van der Waals surface area contributed by atoms with Crippen molar-refractivity contribution in [1.29, 1.82) is 0 Å². The molecule has 0 radical (unpaired) electrons. The molecule has 1 heterocycles. The van der Waals surface area contributed by atoms with Crippen LogP contribution in [0.4, 0.5) is 0 Å². The topological polar surface area (TPSA) is 66.8 Å². The van der Waals surface area contributed by atoms with Crippen LogP contribution in [-0.4, -0.2) is 53.1 Å². The SMILES string of the molecule is COc1ccc(Cl)cc1C(=O)N1CCSCC1C(=O)O. The molecule has 20 heavy (non-hydrogen) atoms. The second-order valence-electron chi connectivity index (χ2n) is 4.27. The number of carbonyl (C=O) groups is 2. The molecule has 2 rings (SSSR count). The second kappa shape index (κ2) is 6.37. The van der Waals surface area contributed by atoms with Crippen LogP contribution in [0.1, 0.15) is 10.4 Å². The number of carbonyl (C=O) groups excluding carboxylic acids is 1. The maximum absolute atomic E-state index is 12.6. The minimum atomic E-state index is -0.994. The summed E-state index contributed by atoms with van der Waals surface area (Å²) < 4.78 is 5.15. The number of thioether (sulfide) groups is 1. The van der Waals surface area contributed by atoms with Gasteiger partial charge in [-0.05, 0) is 18.2 Å². The van der Waals surface area contributed by atoms with Crippen LogP contribution in [0, 0.1) is 0 Å². The average molecular weight is 316 g/mol. The quantitative estimate of drug-likeness (QED) is 0.924. The molecule has 0 spiro atoms. The van der Waals surface area contributed by atoms with E-state index >= 15 is 0 Å². The Balaban J connectivity index is 2.34. The van der Waals surface area contributed by atoms with Gasteiger partial charge in [-0.3, -0.25) is 4.79 Å². The number of ether oxygens (including phenoxy) is 1. The minimum absolute atomic E-state index is 0.290. The van der Waals surface area contributed by atoms with Crippen molar-refractivity contribution >= 4 is 35.2 Å². The number of halogens is 1. The van der Waals surface area contributed by atoms with E-state index in [0.717, 1.165) is 5.75 Å². The summed E-state index contributed by atoms with van der Waals surface area (Å²) >= 11 is 7.44. The second-order valence-corrected chi connectivity index (χ2v) is 5.86. The molecular formula is C13H14ClNO4S. The van der Waals surface area contributed by atoms with Gasteiger partial charge in [-0.2, -0.15) is 11.8 Å². The number of methoxy groups -OCH3 is 1. The van der Waals surface area contributed by atoms with Crippen LogP contribution < -0.4 is 4.74 Å². The lowest BCUT2D eigenvalue weighted by Crippen LogP contribution is -2.50. The summed E-state index contributed by atoms with van der Waals surface area (Å²) in [6.45, 7) is 0.399. The third kappa shape index (κ3) is 3.02. The zero-order valence-electron chi connectivity index (χ0n) is 10.8. The molecule has 1 saturated heterocycles. The van der Waals surface area contributed by atoms with Crippen LogP contribution in [0.3, 0.4) is 0 Å². The van der Waals surface area contributed by atoms with Crippen LogP contribution in [-0.2, 0) is 4.79 Å². The lowest BCUT2D eigenvalue weighted by molar-refractivity contribution is -0.141. The lowest BCUT2D eigenvalue weighted by Gasteiger charge is -2.33. The van der Waals surface area contributed by atoms with E-state index in [1.165, 1.54) is 29.8 Å².